The first kappa shape index (κ1) is 17.7. The second kappa shape index (κ2) is 6.67. The SMILES string of the molecule is Cc1cc(=O)n(-c2ccc(OC(F)(F)F)cc2)cc1-c1ccccc1F. The second-order valence-electron chi connectivity index (χ2n) is 5.60. The minimum atomic E-state index is -4.79. The fourth-order valence-electron chi connectivity index (χ4n) is 2.60. The van der Waals surface area contributed by atoms with E-state index in [0.29, 0.717) is 22.4 Å². The standard InChI is InChI=1S/C19H13F4NO2/c1-12-10-18(25)24(11-16(12)15-4-2-3-5-17(15)20)13-6-8-14(9-7-13)26-19(21,22)23/h2-11H,1H3. The second-order valence-corrected chi connectivity index (χ2v) is 5.60. The molecule has 7 heteroatoms. The molecule has 2 aromatic carbocycles. The summed E-state index contributed by atoms with van der Waals surface area (Å²) in [4.78, 5) is 12.3. The Bertz CT molecular complexity index is 992. The van der Waals surface area contributed by atoms with Crippen LogP contribution in [0.3, 0.4) is 0 Å². The van der Waals surface area contributed by atoms with E-state index in [2.05, 4.69) is 4.74 Å². The predicted octanol–water partition coefficient (Wildman–Crippen LogP) is 4.85. The van der Waals surface area contributed by atoms with Gasteiger partial charge in [0.25, 0.3) is 5.56 Å². The van der Waals surface area contributed by atoms with Gasteiger partial charge in [0.2, 0.25) is 0 Å². The number of pyridine rings is 1. The smallest absolute Gasteiger partial charge is 0.406 e. The van der Waals surface area contributed by atoms with Crippen LogP contribution >= 0.6 is 0 Å². The van der Waals surface area contributed by atoms with Crippen molar-refractivity contribution in [1.82, 2.24) is 4.57 Å². The minimum Gasteiger partial charge on any atom is -0.406 e. The van der Waals surface area contributed by atoms with Gasteiger partial charge in [-0.15, -0.1) is 13.2 Å². The molecule has 0 atom stereocenters. The molecule has 3 nitrogen and oxygen atoms in total. The van der Waals surface area contributed by atoms with Crippen molar-refractivity contribution < 1.29 is 22.3 Å². The van der Waals surface area contributed by atoms with Crippen molar-refractivity contribution in [3.8, 4) is 22.6 Å². The summed E-state index contributed by atoms with van der Waals surface area (Å²) < 4.78 is 55.9. The number of aryl methyl sites for hydroxylation is 1. The molecule has 1 aromatic heterocycles. The highest BCUT2D eigenvalue weighted by Crippen LogP contribution is 2.27. The van der Waals surface area contributed by atoms with Crippen LogP contribution in [0.25, 0.3) is 16.8 Å². The molecule has 134 valence electrons. The fourth-order valence-corrected chi connectivity index (χ4v) is 2.60. The van der Waals surface area contributed by atoms with Crippen LogP contribution in [0, 0.1) is 12.7 Å². The largest absolute Gasteiger partial charge is 0.573 e. The average Bonchev–Trinajstić information content (AvgIpc) is 2.56. The molecular formula is C19H13F4NO2. The van der Waals surface area contributed by atoms with E-state index in [1.807, 2.05) is 0 Å². The Morgan fingerprint density at radius 1 is 0.962 bits per heavy atom. The molecule has 0 spiro atoms. The lowest BCUT2D eigenvalue weighted by molar-refractivity contribution is -0.274. The van der Waals surface area contributed by atoms with Crippen molar-refractivity contribution in [3.63, 3.8) is 0 Å². The molecule has 0 fully saturated rings. The Labute approximate surface area is 146 Å². The van der Waals surface area contributed by atoms with E-state index >= 15 is 0 Å². The summed E-state index contributed by atoms with van der Waals surface area (Å²) in [5, 5.41) is 0. The van der Waals surface area contributed by atoms with Gasteiger partial charge in [-0.2, -0.15) is 0 Å². The number of ether oxygens (including phenoxy) is 1. The maximum atomic E-state index is 14.1. The third-order valence-corrected chi connectivity index (χ3v) is 3.77. The summed E-state index contributed by atoms with van der Waals surface area (Å²) in [6.07, 6.45) is -3.32. The molecular weight excluding hydrogens is 350 g/mol. The van der Waals surface area contributed by atoms with Crippen LogP contribution in [0.4, 0.5) is 17.6 Å². The maximum absolute atomic E-state index is 14.1. The van der Waals surface area contributed by atoms with Gasteiger partial charge in [0.1, 0.15) is 11.6 Å². The summed E-state index contributed by atoms with van der Waals surface area (Å²) in [6.45, 7) is 1.69. The van der Waals surface area contributed by atoms with Gasteiger partial charge in [0.15, 0.2) is 0 Å². The Morgan fingerprint density at radius 2 is 1.62 bits per heavy atom. The van der Waals surface area contributed by atoms with Gasteiger partial charge in [-0.3, -0.25) is 9.36 Å². The Hall–Kier alpha value is -3.09. The molecule has 0 unspecified atom stereocenters. The Balaban J connectivity index is 2.05. The number of alkyl halides is 3. The van der Waals surface area contributed by atoms with Crippen LogP contribution in [0.1, 0.15) is 5.56 Å². The van der Waals surface area contributed by atoms with Crippen molar-refractivity contribution in [2.24, 2.45) is 0 Å². The molecule has 0 aliphatic carbocycles. The van der Waals surface area contributed by atoms with Crippen molar-refractivity contribution >= 4 is 0 Å². The minimum absolute atomic E-state index is 0.329. The highest BCUT2D eigenvalue weighted by Gasteiger charge is 2.31. The molecule has 26 heavy (non-hydrogen) atoms. The number of aromatic nitrogens is 1. The topological polar surface area (TPSA) is 31.2 Å². The molecule has 0 aliphatic heterocycles. The number of nitrogens with zero attached hydrogens (tertiary/aromatic N) is 1. The third-order valence-electron chi connectivity index (χ3n) is 3.77. The van der Waals surface area contributed by atoms with Gasteiger partial charge < -0.3 is 4.74 Å². The number of hydrogen-bond acceptors (Lipinski definition) is 2. The van der Waals surface area contributed by atoms with Crippen LogP contribution < -0.4 is 10.3 Å². The lowest BCUT2D eigenvalue weighted by Gasteiger charge is -2.13. The maximum Gasteiger partial charge on any atom is 0.573 e. The Morgan fingerprint density at radius 3 is 2.23 bits per heavy atom. The molecule has 0 amide bonds. The highest BCUT2D eigenvalue weighted by molar-refractivity contribution is 5.67. The number of hydrogen-bond donors (Lipinski definition) is 0. The molecule has 3 rings (SSSR count). The average molecular weight is 363 g/mol. The molecule has 0 saturated heterocycles. The first-order valence-electron chi connectivity index (χ1n) is 7.59. The Kier molecular flexibility index (Phi) is 4.54. The van der Waals surface area contributed by atoms with E-state index in [1.165, 1.54) is 35.0 Å². The number of rotatable bonds is 3. The van der Waals surface area contributed by atoms with E-state index in [9.17, 15) is 22.4 Å². The molecule has 0 saturated carbocycles. The lowest BCUT2D eigenvalue weighted by atomic mass is 10.0. The molecule has 0 bridgehead atoms. The lowest BCUT2D eigenvalue weighted by Crippen LogP contribution is -2.19. The monoisotopic (exact) mass is 363 g/mol. The van der Waals surface area contributed by atoms with Gasteiger partial charge in [-0.25, -0.2) is 4.39 Å². The molecule has 0 radical (unpaired) electrons. The van der Waals surface area contributed by atoms with Crippen molar-refractivity contribution in [1.29, 1.82) is 0 Å². The van der Waals surface area contributed by atoms with E-state index in [0.717, 1.165) is 12.1 Å². The third kappa shape index (κ3) is 3.77. The van der Waals surface area contributed by atoms with Crippen LogP contribution in [0.5, 0.6) is 5.75 Å². The summed E-state index contributed by atoms with van der Waals surface area (Å²) in [5.74, 6) is -0.828. The van der Waals surface area contributed by atoms with Crippen molar-refractivity contribution in [3.05, 3.63) is 82.5 Å². The molecule has 1 heterocycles. The normalized spacial score (nSPS) is 11.4. The number of halogens is 4. The van der Waals surface area contributed by atoms with Crippen molar-refractivity contribution in [2.75, 3.05) is 0 Å². The van der Waals surface area contributed by atoms with Gasteiger partial charge in [-0.1, -0.05) is 18.2 Å². The summed E-state index contributed by atoms with van der Waals surface area (Å²) in [7, 11) is 0. The summed E-state index contributed by atoms with van der Waals surface area (Å²) in [5.41, 5.74) is 1.39. The van der Waals surface area contributed by atoms with E-state index in [-0.39, 0.29) is 5.56 Å². The van der Waals surface area contributed by atoms with Gasteiger partial charge in [0, 0.05) is 29.1 Å². The zero-order valence-electron chi connectivity index (χ0n) is 13.5. The predicted molar refractivity (Wildman–Crippen MR) is 88.9 cm³/mol. The summed E-state index contributed by atoms with van der Waals surface area (Å²) >= 11 is 0. The van der Waals surface area contributed by atoms with Crippen LogP contribution in [0.15, 0.2) is 65.6 Å². The fraction of sp³-hybridized carbons (Fsp3) is 0.105. The molecule has 3 aromatic rings. The first-order chi connectivity index (χ1) is 12.2. The van der Waals surface area contributed by atoms with Gasteiger partial charge >= 0.3 is 6.36 Å². The van der Waals surface area contributed by atoms with E-state index < -0.39 is 17.9 Å². The van der Waals surface area contributed by atoms with Crippen molar-refractivity contribution in [2.45, 2.75) is 13.3 Å². The van der Waals surface area contributed by atoms with E-state index in [4.69, 9.17) is 0 Å². The zero-order valence-corrected chi connectivity index (χ0v) is 13.5. The molecule has 0 aliphatic rings. The first-order valence-corrected chi connectivity index (χ1v) is 7.59. The quantitative estimate of drug-likeness (QED) is 0.623. The highest BCUT2D eigenvalue weighted by atomic mass is 19.4. The van der Waals surface area contributed by atoms with Crippen LogP contribution in [-0.2, 0) is 0 Å². The van der Waals surface area contributed by atoms with Gasteiger partial charge in [-0.05, 0) is 42.8 Å². The number of benzene rings is 2. The van der Waals surface area contributed by atoms with Crippen LogP contribution in [0.2, 0.25) is 0 Å². The van der Waals surface area contributed by atoms with Crippen LogP contribution in [-0.4, -0.2) is 10.9 Å². The van der Waals surface area contributed by atoms with E-state index in [1.54, 1.807) is 25.1 Å². The zero-order chi connectivity index (χ0) is 18.9. The summed E-state index contributed by atoms with van der Waals surface area (Å²) in [6, 6.07) is 12.4. The molecule has 0 N–H and O–H groups in total. The van der Waals surface area contributed by atoms with Gasteiger partial charge in [0.05, 0.1) is 0 Å².